The van der Waals surface area contributed by atoms with Gasteiger partial charge >= 0.3 is 0 Å². The molecule has 0 atom stereocenters. The van der Waals surface area contributed by atoms with Crippen LogP contribution in [0.15, 0.2) is 0 Å². The molecule has 2 saturated carbocycles. The van der Waals surface area contributed by atoms with E-state index in [-0.39, 0.29) is 0 Å². The molecule has 1 heteroatoms. The van der Waals surface area contributed by atoms with E-state index in [0.717, 1.165) is 23.8 Å². The maximum atomic E-state index is 3.80. The Bertz CT molecular complexity index is 156. The van der Waals surface area contributed by atoms with E-state index < -0.39 is 0 Å². The van der Waals surface area contributed by atoms with Crippen LogP contribution in [-0.2, 0) is 0 Å². The highest BCUT2D eigenvalue weighted by atomic mass is 14.9. The second-order valence-electron chi connectivity index (χ2n) is 5.69. The fourth-order valence-corrected chi connectivity index (χ4v) is 2.41. The largest absolute Gasteiger partial charge is 0.313 e. The summed E-state index contributed by atoms with van der Waals surface area (Å²) in [4.78, 5) is 0. The van der Waals surface area contributed by atoms with Gasteiger partial charge in [-0.15, -0.1) is 0 Å². The Morgan fingerprint density at radius 1 is 1.07 bits per heavy atom. The fraction of sp³-hybridized carbons (Fsp3) is 1.00. The Hall–Kier alpha value is -0.0400. The van der Waals surface area contributed by atoms with Gasteiger partial charge < -0.3 is 5.32 Å². The normalized spacial score (nSPS) is 22.3. The first-order valence-corrected chi connectivity index (χ1v) is 6.50. The summed E-state index contributed by atoms with van der Waals surface area (Å²) in [5.41, 5.74) is 0. The molecule has 1 N–H and O–H groups in total. The lowest BCUT2D eigenvalue weighted by Gasteiger charge is -2.17. The smallest absolute Gasteiger partial charge is 0.0124 e. The first kappa shape index (κ1) is 10.5. The molecule has 0 aromatic rings. The molecule has 0 unspecified atom stereocenters. The van der Waals surface area contributed by atoms with Crippen LogP contribution in [0.5, 0.6) is 0 Å². The van der Waals surface area contributed by atoms with Gasteiger partial charge in [0.15, 0.2) is 0 Å². The molecule has 2 aliphatic carbocycles. The van der Waals surface area contributed by atoms with Gasteiger partial charge in [-0.3, -0.25) is 0 Å². The zero-order valence-electron chi connectivity index (χ0n) is 9.76. The molecule has 0 aromatic carbocycles. The minimum absolute atomic E-state index is 0.872. The van der Waals surface area contributed by atoms with Crippen molar-refractivity contribution in [2.24, 2.45) is 17.8 Å². The second-order valence-corrected chi connectivity index (χ2v) is 5.69. The summed E-state index contributed by atoms with van der Waals surface area (Å²) in [5, 5.41) is 3.80. The summed E-state index contributed by atoms with van der Waals surface area (Å²) >= 11 is 0. The molecule has 0 saturated heterocycles. The van der Waals surface area contributed by atoms with Crippen molar-refractivity contribution in [3.63, 3.8) is 0 Å². The van der Waals surface area contributed by atoms with Crippen molar-refractivity contribution in [1.29, 1.82) is 0 Å². The first-order valence-electron chi connectivity index (χ1n) is 6.50. The SMILES string of the molecule is CC(C)CCCNC(C1CC1)C1CC1. The van der Waals surface area contributed by atoms with Gasteiger partial charge in [0.05, 0.1) is 0 Å². The highest BCUT2D eigenvalue weighted by molar-refractivity contribution is 4.96. The Kier molecular flexibility index (Phi) is 3.48. The van der Waals surface area contributed by atoms with E-state index in [4.69, 9.17) is 0 Å². The van der Waals surface area contributed by atoms with Gasteiger partial charge in [-0.25, -0.2) is 0 Å². The van der Waals surface area contributed by atoms with Crippen LogP contribution in [0.4, 0.5) is 0 Å². The van der Waals surface area contributed by atoms with Crippen molar-refractivity contribution in [2.75, 3.05) is 6.54 Å². The number of hydrogen-bond acceptors (Lipinski definition) is 1. The van der Waals surface area contributed by atoms with E-state index in [2.05, 4.69) is 19.2 Å². The molecule has 0 aliphatic heterocycles. The van der Waals surface area contributed by atoms with E-state index in [1.165, 1.54) is 45.1 Å². The maximum absolute atomic E-state index is 3.80. The zero-order valence-corrected chi connectivity index (χ0v) is 9.76. The lowest BCUT2D eigenvalue weighted by Crippen LogP contribution is -2.33. The summed E-state index contributed by atoms with van der Waals surface area (Å²) in [6.07, 6.45) is 8.75. The van der Waals surface area contributed by atoms with E-state index in [1.807, 2.05) is 0 Å². The van der Waals surface area contributed by atoms with Gasteiger partial charge in [0, 0.05) is 6.04 Å². The molecule has 0 radical (unpaired) electrons. The third kappa shape index (κ3) is 3.27. The quantitative estimate of drug-likeness (QED) is 0.615. The summed E-state index contributed by atoms with van der Waals surface area (Å²) in [5.74, 6) is 2.99. The van der Waals surface area contributed by atoms with Crippen LogP contribution >= 0.6 is 0 Å². The molecule has 1 nitrogen and oxygen atoms in total. The summed E-state index contributed by atoms with van der Waals surface area (Å²) in [6, 6.07) is 0.905. The van der Waals surface area contributed by atoms with Crippen molar-refractivity contribution in [3.05, 3.63) is 0 Å². The van der Waals surface area contributed by atoms with Gasteiger partial charge in [-0.1, -0.05) is 13.8 Å². The molecule has 0 spiro atoms. The number of rotatable bonds is 7. The summed E-state index contributed by atoms with van der Waals surface area (Å²) in [6.45, 7) is 5.90. The van der Waals surface area contributed by atoms with Crippen LogP contribution in [0.2, 0.25) is 0 Å². The number of hydrogen-bond donors (Lipinski definition) is 1. The van der Waals surface area contributed by atoms with Crippen LogP contribution in [0.25, 0.3) is 0 Å². The van der Waals surface area contributed by atoms with E-state index >= 15 is 0 Å². The zero-order chi connectivity index (χ0) is 9.97. The van der Waals surface area contributed by atoms with Crippen LogP contribution < -0.4 is 5.32 Å². The van der Waals surface area contributed by atoms with Crippen molar-refractivity contribution in [3.8, 4) is 0 Å². The van der Waals surface area contributed by atoms with E-state index in [0.29, 0.717) is 0 Å². The third-order valence-electron chi connectivity index (χ3n) is 3.60. The topological polar surface area (TPSA) is 12.0 Å². The van der Waals surface area contributed by atoms with Crippen molar-refractivity contribution >= 4 is 0 Å². The molecule has 0 amide bonds. The Morgan fingerprint density at radius 3 is 2.07 bits per heavy atom. The maximum Gasteiger partial charge on any atom is 0.0124 e. The molecule has 82 valence electrons. The van der Waals surface area contributed by atoms with Crippen molar-refractivity contribution in [1.82, 2.24) is 5.32 Å². The predicted octanol–water partition coefficient (Wildman–Crippen LogP) is 3.20. The molecule has 0 heterocycles. The number of nitrogens with one attached hydrogen (secondary N) is 1. The summed E-state index contributed by atoms with van der Waals surface area (Å²) in [7, 11) is 0. The average Bonchev–Trinajstić information content (AvgIpc) is 2.99. The second kappa shape index (κ2) is 4.65. The molecule has 2 fully saturated rings. The summed E-state index contributed by atoms with van der Waals surface area (Å²) < 4.78 is 0. The van der Waals surface area contributed by atoms with Crippen molar-refractivity contribution in [2.45, 2.75) is 58.4 Å². The highest BCUT2D eigenvalue weighted by Gasteiger charge is 2.40. The lowest BCUT2D eigenvalue weighted by molar-refractivity contribution is 0.403. The average molecular weight is 195 g/mol. The molecular weight excluding hydrogens is 170 g/mol. The van der Waals surface area contributed by atoms with Crippen LogP contribution in [-0.4, -0.2) is 12.6 Å². The van der Waals surface area contributed by atoms with Crippen molar-refractivity contribution < 1.29 is 0 Å². The predicted molar refractivity (Wildman–Crippen MR) is 61.3 cm³/mol. The fourth-order valence-electron chi connectivity index (χ4n) is 2.41. The van der Waals surface area contributed by atoms with Crippen LogP contribution in [0.1, 0.15) is 52.4 Å². The van der Waals surface area contributed by atoms with Crippen LogP contribution in [0, 0.1) is 17.8 Å². The van der Waals surface area contributed by atoms with Gasteiger partial charge in [-0.05, 0) is 62.8 Å². The molecule has 0 aromatic heterocycles. The third-order valence-corrected chi connectivity index (χ3v) is 3.60. The minimum Gasteiger partial charge on any atom is -0.313 e. The van der Waals surface area contributed by atoms with Gasteiger partial charge in [0.2, 0.25) is 0 Å². The Morgan fingerprint density at radius 2 is 1.64 bits per heavy atom. The Balaban J connectivity index is 1.57. The van der Waals surface area contributed by atoms with E-state index in [1.54, 1.807) is 0 Å². The molecule has 2 rings (SSSR count). The molecule has 0 bridgehead atoms. The van der Waals surface area contributed by atoms with E-state index in [9.17, 15) is 0 Å². The van der Waals surface area contributed by atoms with Gasteiger partial charge in [0.1, 0.15) is 0 Å². The highest BCUT2D eigenvalue weighted by Crippen LogP contribution is 2.44. The molecule has 14 heavy (non-hydrogen) atoms. The first-order chi connectivity index (χ1) is 6.77. The Labute approximate surface area is 88.7 Å². The molecule has 2 aliphatic rings. The van der Waals surface area contributed by atoms with Gasteiger partial charge in [-0.2, -0.15) is 0 Å². The monoisotopic (exact) mass is 195 g/mol. The molecular formula is C13H25N. The minimum atomic E-state index is 0.872. The van der Waals surface area contributed by atoms with Gasteiger partial charge in [0.25, 0.3) is 0 Å². The standard InChI is InChI=1S/C13H25N/c1-10(2)4-3-9-14-13(11-5-6-11)12-7-8-12/h10-14H,3-9H2,1-2H3. The lowest BCUT2D eigenvalue weighted by atomic mass is 10.1. The van der Waals surface area contributed by atoms with Crippen LogP contribution in [0.3, 0.4) is 0 Å².